The van der Waals surface area contributed by atoms with Crippen LogP contribution in [0.4, 0.5) is 22.0 Å². The van der Waals surface area contributed by atoms with Crippen molar-refractivity contribution in [3.05, 3.63) is 160 Å². The largest absolute Gasteiger partial charge is 0.392 e. The molecule has 270 valence electrons. The minimum absolute atomic E-state index is 0.0520. The molecule has 0 saturated carbocycles. The van der Waals surface area contributed by atoms with Crippen LogP contribution in [-0.4, -0.2) is 47.1 Å². The summed E-state index contributed by atoms with van der Waals surface area (Å²) in [4.78, 5) is 19.1. The van der Waals surface area contributed by atoms with Crippen LogP contribution >= 0.6 is 0 Å². The SMILES string of the molecule is CN(CCc1ccccn1)CC1CC(c2ccc(CO)cc2)OC(c2ccc(-c3cccc(CNC(=O)c4c(F)c(F)c(F)c(F)c4F)c3)cc2)O1. The van der Waals surface area contributed by atoms with Crippen molar-refractivity contribution >= 4 is 5.91 Å². The molecular formula is C40H36F5N3O4. The predicted molar refractivity (Wildman–Crippen MR) is 183 cm³/mol. The molecule has 0 spiro atoms. The lowest BCUT2D eigenvalue weighted by molar-refractivity contribution is -0.252. The van der Waals surface area contributed by atoms with Gasteiger partial charge >= 0.3 is 0 Å². The number of aliphatic hydroxyl groups is 1. The highest BCUT2D eigenvalue weighted by Gasteiger charge is 2.33. The number of nitrogens with zero attached hydrogens (tertiary/aromatic N) is 2. The molecule has 0 aliphatic carbocycles. The van der Waals surface area contributed by atoms with Gasteiger partial charge in [0.1, 0.15) is 5.56 Å². The maximum absolute atomic E-state index is 14.1. The molecule has 52 heavy (non-hydrogen) atoms. The molecule has 3 atom stereocenters. The van der Waals surface area contributed by atoms with E-state index in [9.17, 15) is 31.9 Å². The Hall–Kier alpha value is -5.01. The van der Waals surface area contributed by atoms with E-state index in [4.69, 9.17) is 9.47 Å². The lowest BCUT2D eigenvalue weighted by Crippen LogP contribution is -2.38. The summed E-state index contributed by atoms with van der Waals surface area (Å²) in [6.45, 7) is 1.19. The van der Waals surface area contributed by atoms with Gasteiger partial charge in [-0.05, 0) is 53.1 Å². The molecule has 1 fully saturated rings. The van der Waals surface area contributed by atoms with Crippen LogP contribution in [-0.2, 0) is 29.0 Å². The van der Waals surface area contributed by atoms with Gasteiger partial charge in [0.05, 0.1) is 18.8 Å². The van der Waals surface area contributed by atoms with E-state index in [-0.39, 0.29) is 25.4 Å². The molecule has 1 aliphatic rings. The van der Waals surface area contributed by atoms with Crippen molar-refractivity contribution in [3.63, 3.8) is 0 Å². The molecule has 2 heterocycles. The first-order valence-electron chi connectivity index (χ1n) is 16.7. The fraction of sp³-hybridized carbons (Fsp3) is 0.250. The second kappa shape index (κ2) is 16.6. The monoisotopic (exact) mass is 717 g/mol. The van der Waals surface area contributed by atoms with Gasteiger partial charge in [-0.15, -0.1) is 0 Å². The number of ether oxygens (including phenoxy) is 2. The quantitative estimate of drug-likeness (QED) is 0.0787. The minimum atomic E-state index is -2.33. The van der Waals surface area contributed by atoms with E-state index < -0.39 is 46.8 Å². The molecule has 1 amide bonds. The first kappa shape index (κ1) is 36.8. The highest BCUT2D eigenvalue weighted by molar-refractivity contribution is 5.94. The van der Waals surface area contributed by atoms with E-state index in [1.165, 1.54) is 0 Å². The van der Waals surface area contributed by atoms with Gasteiger partial charge in [0.2, 0.25) is 5.82 Å². The van der Waals surface area contributed by atoms with Crippen molar-refractivity contribution in [2.75, 3.05) is 20.1 Å². The average Bonchev–Trinajstić information content (AvgIpc) is 3.18. The Bertz CT molecular complexity index is 1970. The zero-order chi connectivity index (χ0) is 36.8. The number of carbonyl (C=O) groups is 1. The van der Waals surface area contributed by atoms with Gasteiger partial charge in [-0.3, -0.25) is 9.78 Å². The van der Waals surface area contributed by atoms with Crippen molar-refractivity contribution < 1.29 is 41.3 Å². The van der Waals surface area contributed by atoms with Gasteiger partial charge in [0.25, 0.3) is 5.91 Å². The Balaban J connectivity index is 1.14. The molecular weight excluding hydrogens is 681 g/mol. The number of hydrogen-bond acceptors (Lipinski definition) is 6. The van der Waals surface area contributed by atoms with Crippen molar-refractivity contribution in [1.82, 2.24) is 15.2 Å². The third kappa shape index (κ3) is 8.54. The van der Waals surface area contributed by atoms with Crippen LogP contribution in [0.5, 0.6) is 0 Å². The van der Waals surface area contributed by atoms with Crippen LogP contribution in [0, 0.1) is 29.1 Å². The number of benzene rings is 4. The molecule has 4 aromatic carbocycles. The maximum atomic E-state index is 14.1. The Kier molecular flexibility index (Phi) is 11.7. The second-order valence-corrected chi connectivity index (χ2v) is 12.6. The average molecular weight is 718 g/mol. The fourth-order valence-corrected chi connectivity index (χ4v) is 6.09. The molecule has 3 unspecified atom stereocenters. The van der Waals surface area contributed by atoms with E-state index in [0.717, 1.165) is 46.5 Å². The van der Waals surface area contributed by atoms with E-state index in [0.29, 0.717) is 18.5 Å². The van der Waals surface area contributed by atoms with Crippen molar-refractivity contribution in [3.8, 4) is 11.1 Å². The summed E-state index contributed by atoms with van der Waals surface area (Å²) < 4.78 is 81.9. The van der Waals surface area contributed by atoms with Crippen LogP contribution in [0.1, 0.15) is 57.1 Å². The molecule has 7 nitrogen and oxygen atoms in total. The maximum Gasteiger partial charge on any atom is 0.257 e. The van der Waals surface area contributed by atoms with Crippen LogP contribution in [0.3, 0.4) is 0 Å². The Morgan fingerprint density at radius 2 is 1.50 bits per heavy atom. The minimum Gasteiger partial charge on any atom is -0.392 e. The summed E-state index contributed by atoms with van der Waals surface area (Å²) in [5.41, 5.74) is 4.16. The molecule has 6 rings (SSSR count). The fourth-order valence-electron chi connectivity index (χ4n) is 6.09. The number of rotatable bonds is 12. The lowest BCUT2D eigenvalue weighted by Gasteiger charge is -2.38. The highest BCUT2D eigenvalue weighted by Crippen LogP contribution is 2.38. The summed E-state index contributed by atoms with van der Waals surface area (Å²) in [7, 11) is 2.05. The summed E-state index contributed by atoms with van der Waals surface area (Å²) in [6.07, 6.45) is 2.16. The van der Waals surface area contributed by atoms with Crippen molar-refractivity contribution in [2.24, 2.45) is 0 Å². The van der Waals surface area contributed by atoms with Crippen LogP contribution in [0.2, 0.25) is 0 Å². The first-order chi connectivity index (χ1) is 25.1. The summed E-state index contributed by atoms with van der Waals surface area (Å²) >= 11 is 0. The molecule has 1 saturated heterocycles. The topological polar surface area (TPSA) is 83.9 Å². The Labute approximate surface area is 297 Å². The number of hydrogen-bond donors (Lipinski definition) is 2. The standard InChI is InChI=1S/C40H36F5N3O4/c1-48(18-16-30-7-2-3-17-46-30)22-31-20-32(27-10-8-24(23-49)9-11-27)52-40(51-31)28-14-12-26(13-15-28)29-6-4-5-25(19-29)21-47-39(50)33-34(41)36(43)38(45)37(44)35(33)42/h2-15,17,19,31-32,40,49H,16,18,20-23H2,1H3,(H,47,50). The zero-order valence-electron chi connectivity index (χ0n) is 28.2. The van der Waals surface area contributed by atoms with Gasteiger partial charge in [-0.1, -0.05) is 72.8 Å². The predicted octanol–water partition coefficient (Wildman–Crippen LogP) is 7.59. The van der Waals surface area contributed by atoms with Gasteiger partial charge in [-0.2, -0.15) is 0 Å². The molecule has 1 aliphatic heterocycles. The number of halogens is 5. The van der Waals surface area contributed by atoms with Crippen molar-refractivity contribution in [2.45, 2.75) is 44.5 Å². The van der Waals surface area contributed by atoms with Crippen LogP contribution in [0.25, 0.3) is 11.1 Å². The van der Waals surface area contributed by atoms with E-state index in [1.807, 2.05) is 72.8 Å². The van der Waals surface area contributed by atoms with Gasteiger partial charge in [0.15, 0.2) is 29.6 Å². The Morgan fingerprint density at radius 3 is 2.17 bits per heavy atom. The summed E-state index contributed by atoms with van der Waals surface area (Å²) in [6, 6.07) is 28.1. The van der Waals surface area contributed by atoms with Gasteiger partial charge in [-0.25, -0.2) is 22.0 Å². The number of nitrogens with one attached hydrogen (secondary N) is 1. The molecule has 2 N–H and O–H groups in total. The van der Waals surface area contributed by atoms with Crippen LogP contribution < -0.4 is 5.32 Å². The zero-order valence-corrected chi connectivity index (χ0v) is 28.2. The number of likely N-dealkylation sites (N-methyl/N-ethyl adjacent to an activating group) is 1. The third-order valence-electron chi connectivity index (χ3n) is 8.94. The smallest absolute Gasteiger partial charge is 0.257 e. The highest BCUT2D eigenvalue weighted by atomic mass is 19.2. The number of amides is 1. The van der Waals surface area contributed by atoms with E-state index in [1.54, 1.807) is 24.4 Å². The summed E-state index contributed by atoms with van der Waals surface area (Å²) in [5, 5.41) is 11.8. The van der Waals surface area contributed by atoms with E-state index >= 15 is 0 Å². The van der Waals surface area contributed by atoms with Gasteiger partial charge in [0, 0.05) is 49.9 Å². The molecule has 1 aromatic heterocycles. The van der Waals surface area contributed by atoms with Gasteiger partial charge < -0.3 is 24.8 Å². The van der Waals surface area contributed by atoms with E-state index in [2.05, 4.69) is 22.2 Å². The molecule has 5 aromatic rings. The normalized spacial score (nSPS) is 17.3. The van der Waals surface area contributed by atoms with Crippen molar-refractivity contribution in [1.29, 1.82) is 0 Å². The summed E-state index contributed by atoms with van der Waals surface area (Å²) in [5.74, 6) is -12.5. The molecule has 12 heteroatoms. The third-order valence-corrected chi connectivity index (χ3v) is 8.94. The Morgan fingerprint density at radius 1 is 0.808 bits per heavy atom. The second-order valence-electron chi connectivity index (χ2n) is 12.6. The molecule has 0 bridgehead atoms. The first-order valence-corrected chi connectivity index (χ1v) is 16.7. The number of pyridine rings is 1. The lowest BCUT2D eigenvalue weighted by atomic mass is 9.99. The number of aromatic nitrogens is 1. The number of aliphatic hydroxyl groups excluding tert-OH is 1. The van der Waals surface area contributed by atoms with Crippen LogP contribution in [0.15, 0.2) is 97.2 Å². The number of carbonyl (C=O) groups excluding carboxylic acids is 1. The molecule has 0 radical (unpaired) electrons.